The highest BCUT2D eigenvalue weighted by atomic mass is 16.5. The standard InChI is InChI=1S/C12H26N2O/c1-3-5-7-14(4-2)10-12(9-13)6-8-15-11-12/h3-11,13H2,1-2H3. The Bertz CT molecular complexity index is 167. The van der Waals surface area contributed by atoms with E-state index in [9.17, 15) is 0 Å². The fourth-order valence-corrected chi connectivity index (χ4v) is 2.20. The average molecular weight is 214 g/mol. The molecule has 0 saturated carbocycles. The van der Waals surface area contributed by atoms with E-state index in [1.165, 1.54) is 19.4 Å². The minimum atomic E-state index is 0.240. The van der Waals surface area contributed by atoms with E-state index in [1.54, 1.807) is 0 Å². The lowest BCUT2D eigenvalue weighted by Crippen LogP contribution is -2.43. The molecule has 1 unspecified atom stereocenters. The van der Waals surface area contributed by atoms with E-state index in [0.29, 0.717) is 0 Å². The van der Waals surface area contributed by atoms with Gasteiger partial charge in [-0.1, -0.05) is 20.3 Å². The van der Waals surface area contributed by atoms with E-state index < -0.39 is 0 Å². The fourth-order valence-electron chi connectivity index (χ4n) is 2.20. The number of hydrogen-bond donors (Lipinski definition) is 1. The van der Waals surface area contributed by atoms with Gasteiger partial charge in [0.15, 0.2) is 0 Å². The van der Waals surface area contributed by atoms with Gasteiger partial charge >= 0.3 is 0 Å². The Kier molecular flexibility index (Phi) is 5.58. The molecule has 2 N–H and O–H groups in total. The largest absolute Gasteiger partial charge is 0.381 e. The van der Waals surface area contributed by atoms with Crippen LogP contribution in [-0.2, 0) is 4.74 Å². The topological polar surface area (TPSA) is 38.5 Å². The molecule has 1 rings (SSSR count). The van der Waals surface area contributed by atoms with Gasteiger partial charge in [-0.25, -0.2) is 0 Å². The van der Waals surface area contributed by atoms with Crippen molar-refractivity contribution >= 4 is 0 Å². The van der Waals surface area contributed by atoms with Crippen molar-refractivity contribution in [3.8, 4) is 0 Å². The monoisotopic (exact) mass is 214 g/mol. The van der Waals surface area contributed by atoms with Crippen LogP contribution >= 0.6 is 0 Å². The Morgan fingerprint density at radius 1 is 1.40 bits per heavy atom. The zero-order valence-electron chi connectivity index (χ0n) is 10.3. The summed E-state index contributed by atoms with van der Waals surface area (Å²) in [6, 6.07) is 0. The van der Waals surface area contributed by atoms with Gasteiger partial charge in [0.1, 0.15) is 0 Å². The van der Waals surface area contributed by atoms with Gasteiger partial charge in [0.2, 0.25) is 0 Å². The Balaban J connectivity index is 2.40. The maximum Gasteiger partial charge on any atom is 0.0547 e. The van der Waals surface area contributed by atoms with E-state index in [-0.39, 0.29) is 5.41 Å². The molecule has 0 spiro atoms. The van der Waals surface area contributed by atoms with Crippen molar-refractivity contribution in [1.82, 2.24) is 4.90 Å². The Morgan fingerprint density at radius 2 is 2.20 bits per heavy atom. The fraction of sp³-hybridized carbons (Fsp3) is 1.00. The summed E-state index contributed by atoms with van der Waals surface area (Å²) < 4.78 is 5.49. The third-order valence-electron chi connectivity index (χ3n) is 3.45. The first-order valence-corrected chi connectivity index (χ1v) is 6.26. The zero-order valence-corrected chi connectivity index (χ0v) is 10.3. The second kappa shape index (κ2) is 6.46. The summed E-state index contributed by atoms with van der Waals surface area (Å²) in [5.74, 6) is 0. The maximum absolute atomic E-state index is 5.89. The first-order chi connectivity index (χ1) is 7.26. The van der Waals surface area contributed by atoms with Crippen LogP contribution in [0.3, 0.4) is 0 Å². The minimum absolute atomic E-state index is 0.240. The third-order valence-corrected chi connectivity index (χ3v) is 3.45. The molecular formula is C12H26N2O. The highest BCUT2D eigenvalue weighted by Gasteiger charge is 2.34. The molecule has 90 valence electrons. The van der Waals surface area contributed by atoms with Crippen LogP contribution in [0.5, 0.6) is 0 Å². The van der Waals surface area contributed by atoms with E-state index in [4.69, 9.17) is 10.5 Å². The molecule has 1 atom stereocenters. The quantitative estimate of drug-likeness (QED) is 0.697. The van der Waals surface area contributed by atoms with Crippen LogP contribution in [0.15, 0.2) is 0 Å². The average Bonchev–Trinajstić information content (AvgIpc) is 2.73. The lowest BCUT2D eigenvalue weighted by molar-refractivity contribution is 0.116. The van der Waals surface area contributed by atoms with Gasteiger partial charge in [0, 0.05) is 25.1 Å². The number of ether oxygens (including phenoxy) is 1. The predicted molar refractivity (Wildman–Crippen MR) is 63.9 cm³/mol. The van der Waals surface area contributed by atoms with Crippen molar-refractivity contribution in [2.75, 3.05) is 39.4 Å². The summed E-state index contributed by atoms with van der Waals surface area (Å²) in [5.41, 5.74) is 6.13. The summed E-state index contributed by atoms with van der Waals surface area (Å²) in [6.45, 7) is 10.4. The van der Waals surface area contributed by atoms with Gasteiger partial charge in [-0.15, -0.1) is 0 Å². The first-order valence-electron chi connectivity index (χ1n) is 6.26. The Hall–Kier alpha value is -0.120. The molecule has 3 heteroatoms. The van der Waals surface area contributed by atoms with Crippen LogP contribution < -0.4 is 5.73 Å². The molecule has 0 amide bonds. The van der Waals surface area contributed by atoms with Gasteiger partial charge in [0.25, 0.3) is 0 Å². The summed E-state index contributed by atoms with van der Waals surface area (Å²) in [6.07, 6.45) is 3.68. The predicted octanol–water partition coefficient (Wildman–Crippen LogP) is 1.47. The number of unbranched alkanes of at least 4 members (excludes halogenated alkanes) is 1. The molecule has 0 aromatic heterocycles. The maximum atomic E-state index is 5.89. The van der Waals surface area contributed by atoms with Gasteiger partial charge in [0.05, 0.1) is 6.61 Å². The molecule has 0 aromatic carbocycles. The van der Waals surface area contributed by atoms with Crippen LogP contribution in [0, 0.1) is 5.41 Å². The third kappa shape index (κ3) is 3.74. The molecule has 0 aliphatic carbocycles. The number of hydrogen-bond acceptors (Lipinski definition) is 3. The van der Waals surface area contributed by atoms with Gasteiger partial charge in [-0.05, 0) is 25.9 Å². The van der Waals surface area contributed by atoms with E-state index in [2.05, 4.69) is 18.7 Å². The summed E-state index contributed by atoms with van der Waals surface area (Å²) >= 11 is 0. The number of nitrogens with two attached hydrogens (primary N) is 1. The van der Waals surface area contributed by atoms with Crippen LogP contribution in [0.2, 0.25) is 0 Å². The number of rotatable bonds is 7. The van der Waals surface area contributed by atoms with E-state index in [1.807, 2.05) is 0 Å². The normalized spacial score (nSPS) is 26.4. The lowest BCUT2D eigenvalue weighted by atomic mass is 9.87. The molecule has 0 radical (unpaired) electrons. The van der Waals surface area contributed by atoms with Gasteiger partial charge in [-0.2, -0.15) is 0 Å². The van der Waals surface area contributed by atoms with Crippen molar-refractivity contribution in [3.05, 3.63) is 0 Å². The molecule has 1 saturated heterocycles. The Morgan fingerprint density at radius 3 is 2.67 bits per heavy atom. The summed E-state index contributed by atoms with van der Waals surface area (Å²) in [7, 11) is 0. The molecule has 0 aromatic rings. The van der Waals surface area contributed by atoms with Gasteiger partial charge < -0.3 is 15.4 Å². The van der Waals surface area contributed by atoms with Crippen molar-refractivity contribution in [1.29, 1.82) is 0 Å². The van der Waals surface area contributed by atoms with Gasteiger partial charge in [-0.3, -0.25) is 0 Å². The lowest BCUT2D eigenvalue weighted by Gasteiger charge is -2.32. The molecule has 1 fully saturated rings. The zero-order chi connectivity index (χ0) is 11.1. The second-order valence-electron chi connectivity index (χ2n) is 4.73. The van der Waals surface area contributed by atoms with Crippen molar-refractivity contribution in [2.24, 2.45) is 11.1 Å². The summed E-state index contributed by atoms with van der Waals surface area (Å²) in [5, 5.41) is 0. The molecular weight excluding hydrogens is 188 g/mol. The van der Waals surface area contributed by atoms with E-state index in [0.717, 1.165) is 39.3 Å². The highest BCUT2D eigenvalue weighted by Crippen LogP contribution is 2.28. The smallest absolute Gasteiger partial charge is 0.0547 e. The van der Waals surface area contributed by atoms with Crippen LogP contribution in [-0.4, -0.2) is 44.3 Å². The van der Waals surface area contributed by atoms with Crippen LogP contribution in [0.25, 0.3) is 0 Å². The molecule has 15 heavy (non-hydrogen) atoms. The Labute approximate surface area is 94.0 Å². The SMILES string of the molecule is CCCCN(CC)CC1(CN)CCOC1. The van der Waals surface area contributed by atoms with Crippen molar-refractivity contribution < 1.29 is 4.74 Å². The van der Waals surface area contributed by atoms with Crippen molar-refractivity contribution in [3.63, 3.8) is 0 Å². The molecule has 1 aliphatic rings. The van der Waals surface area contributed by atoms with Crippen LogP contribution in [0.4, 0.5) is 0 Å². The number of nitrogens with zero attached hydrogens (tertiary/aromatic N) is 1. The van der Waals surface area contributed by atoms with Crippen molar-refractivity contribution in [2.45, 2.75) is 33.1 Å². The first kappa shape index (κ1) is 12.9. The molecule has 1 aliphatic heterocycles. The molecule has 3 nitrogen and oxygen atoms in total. The molecule has 1 heterocycles. The molecule has 0 bridgehead atoms. The van der Waals surface area contributed by atoms with E-state index >= 15 is 0 Å². The summed E-state index contributed by atoms with van der Waals surface area (Å²) in [4.78, 5) is 2.52. The van der Waals surface area contributed by atoms with Crippen LogP contribution in [0.1, 0.15) is 33.1 Å². The minimum Gasteiger partial charge on any atom is -0.381 e. The second-order valence-corrected chi connectivity index (χ2v) is 4.73. The highest BCUT2D eigenvalue weighted by molar-refractivity contribution is 4.87.